The molecule has 0 aliphatic heterocycles. The Labute approximate surface area is 113 Å². The number of furan rings is 1. The topological polar surface area (TPSA) is 68.3 Å². The first-order valence-electron chi connectivity index (χ1n) is 5.55. The van der Waals surface area contributed by atoms with Gasteiger partial charge in [0.25, 0.3) is 5.91 Å². The van der Waals surface area contributed by atoms with Crippen molar-refractivity contribution in [3.8, 4) is 0 Å². The van der Waals surface area contributed by atoms with E-state index in [0.717, 1.165) is 16.7 Å². The molecule has 94 valence electrons. The number of benzene rings is 1. The zero-order valence-electron chi connectivity index (χ0n) is 9.87. The molecule has 0 aliphatic carbocycles. The molecule has 5 heteroatoms. The predicted octanol–water partition coefficient (Wildman–Crippen LogP) is 3.44. The Hall–Kier alpha value is -1.75. The molecule has 4 nitrogen and oxygen atoms in total. The predicted molar refractivity (Wildman–Crippen MR) is 74.6 cm³/mol. The maximum absolute atomic E-state index is 11.9. The molecule has 18 heavy (non-hydrogen) atoms. The number of carbonyl (C=O) groups is 1. The van der Waals surface area contributed by atoms with Gasteiger partial charge in [-0.2, -0.15) is 0 Å². The molecule has 0 aliphatic rings. The molecule has 0 saturated heterocycles. The number of nitrogens with one attached hydrogen (secondary N) is 1. The fraction of sp³-hybridized carbons (Fsp3) is 0.154. The second-order valence-corrected chi connectivity index (χ2v) is 4.67. The molecular weight excluding hydrogens is 296 g/mol. The number of carbonyl (C=O) groups excluding carboxylic acids is 1. The number of nitrogen functional groups attached to an aromatic ring is 1. The molecule has 0 radical (unpaired) electrons. The van der Waals surface area contributed by atoms with Crippen LogP contribution in [0, 0.1) is 0 Å². The van der Waals surface area contributed by atoms with Crippen molar-refractivity contribution in [3.05, 3.63) is 46.3 Å². The number of aryl methyl sites for hydroxylation is 1. The average Bonchev–Trinajstić information content (AvgIpc) is 2.82. The summed E-state index contributed by atoms with van der Waals surface area (Å²) in [6.07, 6.45) is 0.759. The zero-order chi connectivity index (χ0) is 13.1. The lowest BCUT2D eigenvalue weighted by molar-refractivity contribution is 0.0995. The summed E-state index contributed by atoms with van der Waals surface area (Å²) in [6, 6.07) is 8.68. The Morgan fingerprint density at radius 1 is 1.39 bits per heavy atom. The third kappa shape index (κ3) is 2.73. The van der Waals surface area contributed by atoms with Gasteiger partial charge in [0.1, 0.15) is 5.76 Å². The van der Waals surface area contributed by atoms with Crippen molar-refractivity contribution >= 4 is 33.2 Å². The maximum atomic E-state index is 11.9. The molecule has 0 fully saturated rings. The SMILES string of the molecule is CCc1ccc(C(=O)Nc2cc(N)ccc2Br)o1. The van der Waals surface area contributed by atoms with Crippen LogP contribution in [0.5, 0.6) is 0 Å². The molecule has 0 spiro atoms. The van der Waals surface area contributed by atoms with Gasteiger partial charge in [-0.1, -0.05) is 6.92 Å². The number of nitrogens with two attached hydrogens (primary N) is 1. The van der Waals surface area contributed by atoms with E-state index in [1.165, 1.54) is 0 Å². The molecule has 1 aromatic heterocycles. The molecule has 0 saturated carbocycles. The lowest BCUT2D eigenvalue weighted by atomic mass is 10.2. The first-order valence-corrected chi connectivity index (χ1v) is 6.34. The van der Waals surface area contributed by atoms with Gasteiger partial charge in [0.2, 0.25) is 0 Å². The highest BCUT2D eigenvalue weighted by Gasteiger charge is 2.12. The summed E-state index contributed by atoms with van der Waals surface area (Å²) in [4.78, 5) is 11.9. The van der Waals surface area contributed by atoms with Gasteiger partial charge in [-0.15, -0.1) is 0 Å². The van der Waals surface area contributed by atoms with Gasteiger partial charge in [0.15, 0.2) is 5.76 Å². The number of halogens is 1. The quantitative estimate of drug-likeness (QED) is 0.853. The molecule has 0 bridgehead atoms. The van der Waals surface area contributed by atoms with E-state index in [-0.39, 0.29) is 5.91 Å². The highest BCUT2D eigenvalue weighted by atomic mass is 79.9. The number of hydrogen-bond donors (Lipinski definition) is 2. The van der Waals surface area contributed by atoms with Gasteiger partial charge in [-0.05, 0) is 46.3 Å². The summed E-state index contributed by atoms with van der Waals surface area (Å²) in [5.41, 5.74) is 6.88. The summed E-state index contributed by atoms with van der Waals surface area (Å²) in [6.45, 7) is 1.97. The standard InChI is InChI=1S/C13H13BrN2O2/c1-2-9-4-6-12(18-9)13(17)16-11-7-8(15)3-5-10(11)14/h3-7H,2,15H2,1H3,(H,16,17). The van der Waals surface area contributed by atoms with Crippen LogP contribution in [0.3, 0.4) is 0 Å². The number of anilines is 2. The summed E-state index contributed by atoms with van der Waals surface area (Å²) < 4.78 is 6.15. The van der Waals surface area contributed by atoms with E-state index < -0.39 is 0 Å². The Bertz CT molecular complexity index is 578. The first-order chi connectivity index (χ1) is 8.60. The molecule has 1 heterocycles. The van der Waals surface area contributed by atoms with Gasteiger partial charge in [0.05, 0.1) is 5.69 Å². The normalized spacial score (nSPS) is 10.3. The molecule has 1 amide bonds. The van der Waals surface area contributed by atoms with Crippen molar-refractivity contribution in [1.29, 1.82) is 0 Å². The molecule has 2 rings (SSSR count). The largest absolute Gasteiger partial charge is 0.456 e. The van der Waals surface area contributed by atoms with Crippen LogP contribution in [0.25, 0.3) is 0 Å². The molecule has 2 aromatic rings. The second kappa shape index (κ2) is 5.27. The van der Waals surface area contributed by atoms with E-state index in [0.29, 0.717) is 17.1 Å². The van der Waals surface area contributed by atoms with Crippen LogP contribution in [0.15, 0.2) is 39.2 Å². The minimum absolute atomic E-state index is 0.291. The van der Waals surface area contributed by atoms with Crippen molar-refractivity contribution in [3.63, 3.8) is 0 Å². The van der Waals surface area contributed by atoms with Gasteiger partial charge in [-0.3, -0.25) is 4.79 Å². The molecule has 3 N–H and O–H groups in total. The summed E-state index contributed by atoms with van der Waals surface area (Å²) >= 11 is 3.35. The third-order valence-corrected chi connectivity index (χ3v) is 3.16. The van der Waals surface area contributed by atoms with Crippen LogP contribution in [0.4, 0.5) is 11.4 Å². The fourth-order valence-electron chi connectivity index (χ4n) is 1.51. The number of hydrogen-bond acceptors (Lipinski definition) is 3. The van der Waals surface area contributed by atoms with Crippen molar-refractivity contribution in [2.24, 2.45) is 0 Å². The Balaban J connectivity index is 2.18. The summed E-state index contributed by atoms with van der Waals surface area (Å²) in [7, 11) is 0. The van der Waals surface area contributed by atoms with Gasteiger partial charge in [-0.25, -0.2) is 0 Å². The zero-order valence-corrected chi connectivity index (χ0v) is 11.5. The van der Waals surface area contributed by atoms with E-state index in [9.17, 15) is 4.79 Å². The fourth-order valence-corrected chi connectivity index (χ4v) is 1.86. The summed E-state index contributed by atoms with van der Waals surface area (Å²) in [5, 5.41) is 2.75. The van der Waals surface area contributed by atoms with E-state index in [2.05, 4.69) is 21.2 Å². The van der Waals surface area contributed by atoms with Crippen LogP contribution in [-0.4, -0.2) is 5.91 Å². The van der Waals surface area contributed by atoms with Crippen LogP contribution in [0.2, 0.25) is 0 Å². The van der Waals surface area contributed by atoms with E-state index in [4.69, 9.17) is 10.2 Å². The minimum Gasteiger partial charge on any atom is -0.456 e. The third-order valence-electron chi connectivity index (χ3n) is 2.47. The minimum atomic E-state index is -0.291. The van der Waals surface area contributed by atoms with E-state index >= 15 is 0 Å². The van der Waals surface area contributed by atoms with Gasteiger partial charge < -0.3 is 15.5 Å². The van der Waals surface area contributed by atoms with E-state index in [1.54, 1.807) is 30.3 Å². The van der Waals surface area contributed by atoms with Crippen molar-refractivity contribution in [1.82, 2.24) is 0 Å². The molecule has 0 unspecified atom stereocenters. The van der Waals surface area contributed by atoms with E-state index in [1.807, 2.05) is 6.92 Å². The Kier molecular flexibility index (Phi) is 3.72. The maximum Gasteiger partial charge on any atom is 0.291 e. The Morgan fingerprint density at radius 3 is 2.83 bits per heavy atom. The molecule has 1 aromatic carbocycles. The van der Waals surface area contributed by atoms with Crippen molar-refractivity contribution in [2.75, 3.05) is 11.1 Å². The monoisotopic (exact) mass is 308 g/mol. The average molecular weight is 309 g/mol. The van der Waals surface area contributed by atoms with Crippen LogP contribution >= 0.6 is 15.9 Å². The number of rotatable bonds is 3. The highest BCUT2D eigenvalue weighted by Crippen LogP contribution is 2.25. The molecule has 0 atom stereocenters. The first kappa shape index (κ1) is 12.7. The van der Waals surface area contributed by atoms with Crippen LogP contribution < -0.4 is 11.1 Å². The van der Waals surface area contributed by atoms with Gasteiger partial charge >= 0.3 is 0 Å². The second-order valence-electron chi connectivity index (χ2n) is 3.81. The van der Waals surface area contributed by atoms with Gasteiger partial charge in [0, 0.05) is 16.6 Å². The van der Waals surface area contributed by atoms with Crippen LogP contribution in [-0.2, 0) is 6.42 Å². The van der Waals surface area contributed by atoms with Crippen molar-refractivity contribution < 1.29 is 9.21 Å². The highest BCUT2D eigenvalue weighted by molar-refractivity contribution is 9.10. The lowest BCUT2D eigenvalue weighted by Crippen LogP contribution is -2.11. The molecular formula is C13H13BrN2O2. The Morgan fingerprint density at radius 2 is 2.17 bits per heavy atom. The number of amides is 1. The smallest absolute Gasteiger partial charge is 0.291 e. The van der Waals surface area contributed by atoms with Crippen molar-refractivity contribution in [2.45, 2.75) is 13.3 Å². The lowest BCUT2D eigenvalue weighted by Gasteiger charge is -2.06. The summed E-state index contributed by atoms with van der Waals surface area (Å²) in [5.74, 6) is 0.786. The van der Waals surface area contributed by atoms with Crippen LogP contribution in [0.1, 0.15) is 23.2 Å².